The molecular weight excluding hydrogens is 184 g/mol. The molecule has 2 heterocycles. The predicted molar refractivity (Wildman–Crippen MR) is 55.8 cm³/mol. The van der Waals surface area contributed by atoms with Crippen LogP contribution in [0.4, 0.5) is 0 Å². The Labute approximate surface area is 84.2 Å². The van der Waals surface area contributed by atoms with Gasteiger partial charge >= 0.3 is 0 Å². The largest absolute Gasteiger partial charge is 0.383 e. The number of rotatable bonds is 2. The summed E-state index contributed by atoms with van der Waals surface area (Å²) in [7, 11) is 4.01. The molecule has 2 aliphatic rings. The number of likely N-dealkylation sites (tertiary alicyclic amines) is 1. The third-order valence-electron chi connectivity index (χ3n) is 3.09. The van der Waals surface area contributed by atoms with Crippen molar-refractivity contribution < 1.29 is 4.74 Å². The highest BCUT2D eigenvalue weighted by Gasteiger charge is 2.38. The van der Waals surface area contributed by atoms with Gasteiger partial charge in [-0.2, -0.15) is 0 Å². The number of nitrogens with one attached hydrogen (secondary N) is 1. The fourth-order valence-corrected chi connectivity index (χ4v) is 3.63. The second-order valence-corrected chi connectivity index (χ2v) is 4.97. The molecule has 76 valence electrons. The van der Waals surface area contributed by atoms with Gasteiger partial charge in [0.2, 0.25) is 0 Å². The molecule has 3 nitrogen and oxygen atoms in total. The zero-order valence-electron chi connectivity index (χ0n) is 8.32. The molecule has 0 aromatic rings. The summed E-state index contributed by atoms with van der Waals surface area (Å²) in [4.78, 5) is 2.47. The van der Waals surface area contributed by atoms with Crippen LogP contribution < -0.4 is 5.32 Å². The van der Waals surface area contributed by atoms with Gasteiger partial charge < -0.3 is 10.1 Å². The molecule has 0 saturated carbocycles. The Kier molecular flexibility index (Phi) is 3.14. The van der Waals surface area contributed by atoms with Crippen molar-refractivity contribution in [2.24, 2.45) is 0 Å². The molecule has 2 saturated heterocycles. The number of fused-ring (bicyclic) bond motifs is 1. The van der Waals surface area contributed by atoms with E-state index in [-0.39, 0.29) is 0 Å². The Morgan fingerprint density at radius 3 is 3.15 bits per heavy atom. The van der Waals surface area contributed by atoms with E-state index >= 15 is 0 Å². The molecule has 0 amide bonds. The molecule has 0 spiro atoms. The van der Waals surface area contributed by atoms with Crippen LogP contribution in [-0.2, 0) is 4.74 Å². The van der Waals surface area contributed by atoms with Crippen LogP contribution in [0.15, 0.2) is 0 Å². The minimum atomic E-state index is 0.624. The van der Waals surface area contributed by atoms with Gasteiger partial charge in [0, 0.05) is 25.1 Å². The molecule has 0 aliphatic carbocycles. The lowest BCUT2D eigenvalue weighted by Crippen LogP contribution is -2.52. The number of ether oxygens (including phenoxy) is 1. The number of piperidine rings is 1. The van der Waals surface area contributed by atoms with Crippen LogP contribution in [0.3, 0.4) is 0 Å². The average molecular weight is 202 g/mol. The van der Waals surface area contributed by atoms with E-state index in [9.17, 15) is 0 Å². The minimum Gasteiger partial charge on any atom is -0.383 e. The number of thioether (sulfide) groups is 1. The van der Waals surface area contributed by atoms with Crippen molar-refractivity contribution in [2.75, 3.05) is 26.6 Å². The van der Waals surface area contributed by atoms with E-state index in [1.807, 2.05) is 11.8 Å². The molecule has 4 heteroatoms. The first-order chi connectivity index (χ1) is 6.33. The van der Waals surface area contributed by atoms with E-state index in [2.05, 4.69) is 17.3 Å². The molecule has 0 bridgehead atoms. The molecule has 2 rings (SSSR count). The molecule has 3 atom stereocenters. The van der Waals surface area contributed by atoms with E-state index in [1.54, 1.807) is 7.11 Å². The van der Waals surface area contributed by atoms with Crippen molar-refractivity contribution in [1.82, 2.24) is 10.2 Å². The number of nitrogens with zero attached hydrogens (tertiary/aromatic N) is 1. The van der Waals surface area contributed by atoms with Crippen LogP contribution in [0, 0.1) is 0 Å². The lowest BCUT2D eigenvalue weighted by molar-refractivity contribution is 0.0641. The number of hydrogen-bond donors (Lipinski definition) is 1. The average Bonchev–Trinajstić information content (AvgIpc) is 2.58. The quantitative estimate of drug-likeness (QED) is 0.713. The van der Waals surface area contributed by atoms with Crippen molar-refractivity contribution in [3.05, 3.63) is 0 Å². The zero-order chi connectivity index (χ0) is 9.26. The van der Waals surface area contributed by atoms with Gasteiger partial charge in [-0.25, -0.2) is 0 Å². The molecular formula is C9H18N2OS. The van der Waals surface area contributed by atoms with Crippen LogP contribution in [0.25, 0.3) is 0 Å². The minimum absolute atomic E-state index is 0.624. The Hall–Kier alpha value is 0.230. The van der Waals surface area contributed by atoms with Crippen LogP contribution in [0.1, 0.15) is 12.8 Å². The summed E-state index contributed by atoms with van der Waals surface area (Å²) in [6.07, 6.45) is 2.56. The van der Waals surface area contributed by atoms with Crippen molar-refractivity contribution in [1.29, 1.82) is 0 Å². The zero-order valence-corrected chi connectivity index (χ0v) is 9.14. The highest BCUT2D eigenvalue weighted by atomic mass is 32.2. The Balaban J connectivity index is 1.96. The van der Waals surface area contributed by atoms with Crippen molar-refractivity contribution in [3.63, 3.8) is 0 Å². The van der Waals surface area contributed by atoms with Gasteiger partial charge in [-0.15, -0.1) is 11.8 Å². The number of methoxy groups -OCH3 is 1. The second kappa shape index (κ2) is 4.17. The summed E-state index contributed by atoms with van der Waals surface area (Å²) in [5.41, 5.74) is 0. The van der Waals surface area contributed by atoms with E-state index < -0.39 is 0 Å². The first-order valence-corrected chi connectivity index (χ1v) is 5.93. The predicted octanol–water partition coefficient (Wildman–Crippen LogP) is 0.716. The maximum absolute atomic E-state index is 5.23. The van der Waals surface area contributed by atoms with Crippen LogP contribution in [-0.4, -0.2) is 49.0 Å². The van der Waals surface area contributed by atoms with Gasteiger partial charge in [0.25, 0.3) is 0 Å². The Bertz CT molecular complexity index is 179. The third-order valence-corrected chi connectivity index (χ3v) is 4.43. The van der Waals surface area contributed by atoms with Gasteiger partial charge in [0.15, 0.2) is 0 Å². The topological polar surface area (TPSA) is 24.5 Å². The summed E-state index contributed by atoms with van der Waals surface area (Å²) in [6.45, 7) is 0.875. The van der Waals surface area contributed by atoms with E-state index in [4.69, 9.17) is 4.74 Å². The van der Waals surface area contributed by atoms with Crippen LogP contribution in [0.2, 0.25) is 0 Å². The molecule has 0 aromatic carbocycles. The maximum Gasteiger partial charge on any atom is 0.0726 e. The molecule has 1 N–H and O–H groups in total. The van der Waals surface area contributed by atoms with Gasteiger partial charge in [0.05, 0.1) is 12.0 Å². The fraction of sp³-hybridized carbons (Fsp3) is 1.00. The van der Waals surface area contributed by atoms with Gasteiger partial charge in [-0.3, -0.25) is 4.90 Å². The van der Waals surface area contributed by atoms with Crippen LogP contribution >= 0.6 is 11.8 Å². The number of likely N-dealkylation sites (N-methyl/N-ethyl adjacent to an activating group) is 1. The first-order valence-electron chi connectivity index (χ1n) is 4.89. The second-order valence-electron chi connectivity index (χ2n) is 3.86. The van der Waals surface area contributed by atoms with Crippen LogP contribution in [0.5, 0.6) is 0 Å². The van der Waals surface area contributed by atoms with Crippen molar-refractivity contribution in [3.8, 4) is 0 Å². The summed E-state index contributed by atoms with van der Waals surface area (Å²) in [5.74, 6) is 1.11. The molecule has 3 unspecified atom stereocenters. The fourth-order valence-electron chi connectivity index (χ4n) is 2.28. The van der Waals surface area contributed by atoms with E-state index in [0.29, 0.717) is 17.5 Å². The summed E-state index contributed by atoms with van der Waals surface area (Å²) >= 11 is 2.02. The maximum atomic E-state index is 5.23. The summed E-state index contributed by atoms with van der Waals surface area (Å²) < 4.78 is 5.23. The molecule has 13 heavy (non-hydrogen) atoms. The van der Waals surface area contributed by atoms with Crippen molar-refractivity contribution in [2.45, 2.75) is 30.3 Å². The molecule has 2 aliphatic heterocycles. The molecule has 0 radical (unpaired) electrons. The third kappa shape index (κ3) is 1.86. The Morgan fingerprint density at radius 2 is 2.38 bits per heavy atom. The Morgan fingerprint density at radius 1 is 1.54 bits per heavy atom. The summed E-state index contributed by atoms with van der Waals surface area (Å²) in [6, 6.07) is 1.33. The van der Waals surface area contributed by atoms with Crippen molar-refractivity contribution >= 4 is 11.8 Å². The monoisotopic (exact) mass is 202 g/mol. The standard InChI is InChI=1S/C9H18N2OS/c1-11-7(5-12-2)3-4-8-9(11)13-6-10-8/h7-10H,3-6H2,1-2H3. The normalized spacial score (nSPS) is 40.6. The smallest absolute Gasteiger partial charge is 0.0726 e. The van der Waals surface area contributed by atoms with Gasteiger partial charge in [-0.1, -0.05) is 0 Å². The van der Waals surface area contributed by atoms with Gasteiger partial charge in [0.1, 0.15) is 0 Å². The lowest BCUT2D eigenvalue weighted by atomic mass is 9.99. The summed E-state index contributed by atoms with van der Waals surface area (Å²) in [5, 5.41) is 4.21. The highest BCUT2D eigenvalue weighted by Crippen LogP contribution is 2.33. The first kappa shape index (κ1) is 9.77. The number of hydrogen-bond acceptors (Lipinski definition) is 4. The SMILES string of the molecule is COCC1CCC2NCSC2N1C. The van der Waals surface area contributed by atoms with E-state index in [0.717, 1.165) is 12.5 Å². The van der Waals surface area contributed by atoms with E-state index in [1.165, 1.54) is 12.8 Å². The van der Waals surface area contributed by atoms with Gasteiger partial charge in [-0.05, 0) is 19.9 Å². The molecule has 0 aromatic heterocycles. The lowest BCUT2D eigenvalue weighted by Gasteiger charge is -2.40. The molecule has 2 fully saturated rings. The highest BCUT2D eigenvalue weighted by molar-refractivity contribution is 8.00.